The summed E-state index contributed by atoms with van der Waals surface area (Å²) in [6.07, 6.45) is 1.88. The molecule has 0 radical (unpaired) electrons. The number of benzene rings is 1. The Morgan fingerprint density at radius 2 is 2.00 bits per heavy atom. The summed E-state index contributed by atoms with van der Waals surface area (Å²) in [7, 11) is 2.03. The third-order valence-corrected chi connectivity index (χ3v) is 3.53. The van der Waals surface area contributed by atoms with Gasteiger partial charge >= 0.3 is 0 Å². The average molecular weight is 316 g/mol. The molecule has 0 saturated carbocycles. The first-order valence-corrected chi connectivity index (χ1v) is 6.13. The Morgan fingerprint density at radius 3 is 2.60 bits per heavy atom. The van der Waals surface area contributed by atoms with Crippen LogP contribution in [0.15, 0.2) is 17.1 Å². The second kappa shape index (κ2) is 5.49. The zero-order valence-electron chi connectivity index (χ0n) is 9.71. The maximum absolute atomic E-state index is 4.48. The standard InChI is InChI=1S/C12H17IN2/c1-5-15(4)8-14-12-7-9(2)11(13)6-10(12)3/h6-8H,5H2,1-4H3/b14-8-. The van der Waals surface area contributed by atoms with E-state index in [9.17, 15) is 0 Å². The van der Waals surface area contributed by atoms with Crippen LogP contribution in [0.4, 0.5) is 5.69 Å². The van der Waals surface area contributed by atoms with E-state index in [0.717, 1.165) is 12.2 Å². The molecule has 0 unspecified atom stereocenters. The largest absolute Gasteiger partial charge is 0.366 e. The molecule has 0 spiro atoms. The van der Waals surface area contributed by atoms with E-state index >= 15 is 0 Å². The van der Waals surface area contributed by atoms with Crippen LogP contribution in [0.25, 0.3) is 0 Å². The second-order valence-electron chi connectivity index (χ2n) is 3.71. The minimum absolute atomic E-state index is 0.978. The van der Waals surface area contributed by atoms with Crippen molar-refractivity contribution in [3.63, 3.8) is 0 Å². The van der Waals surface area contributed by atoms with Crippen molar-refractivity contribution in [1.29, 1.82) is 0 Å². The first-order valence-electron chi connectivity index (χ1n) is 5.05. The number of hydrogen-bond donors (Lipinski definition) is 0. The zero-order chi connectivity index (χ0) is 11.4. The van der Waals surface area contributed by atoms with Crippen LogP contribution >= 0.6 is 22.6 Å². The number of aryl methyl sites for hydroxylation is 2. The van der Waals surface area contributed by atoms with Crippen molar-refractivity contribution in [2.45, 2.75) is 20.8 Å². The van der Waals surface area contributed by atoms with Gasteiger partial charge in [0.15, 0.2) is 0 Å². The van der Waals surface area contributed by atoms with Gasteiger partial charge in [-0.25, -0.2) is 4.99 Å². The molecule has 0 bridgehead atoms. The van der Waals surface area contributed by atoms with Crippen LogP contribution in [0.5, 0.6) is 0 Å². The van der Waals surface area contributed by atoms with Gasteiger partial charge in [-0.05, 0) is 66.6 Å². The topological polar surface area (TPSA) is 15.6 Å². The Labute approximate surface area is 106 Å². The van der Waals surface area contributed by atoms with Crippen LogP contribution in [-0.4, -0.2) is 24.8 Å². The Morgan fingerprint density at radius 1 is 1.33 bits per heavy atom. The summed E-state index contributed by atoms with van der Waals surface area (Å²) < 4.78 is 1.30. The van der Waals surface area contributed by atoms with E-state index in [-0.39, 0.29) is 0 Å². The minimum Gasteiger partial charge on any atom is -0.366 e. The molecule has 15 heavy (non-hydrogen) atoms. The molecule has 0 aromatic heterocycles. The van der Waals surface area contributed by atoms with Crippen LogP contribution in [0.3, 0.4) is 0 Å². The van der Waals surface area contributed by atoms with Gasteiger partial charge in [0.1, 0.15) is 0 Å². The van der Waals surface area contributed by atoms with Crippen LogP contribution in [0.1, 0.15) is 18.1 Å². The molecular formula is C12H17IN2. The van der Waals surface area contributed by atoms with Crippen molar-refractivity contribution in [1.82, 2.24) is 4.90 Å². The molecular weight excluding hydrogens is 299 g/mol. The molecule has 0 aliphatic rings. The molecule has 2 nitrogen and oxygen atoms in total. The monoisotopic (exact) mass is 316 g/mol. The molecule has 0 N–H and O–H groups in total. The van der Waals surface area contributed by atoms with Crippen LogP contribution < -0.4 is 0 Å². The van der Waals surface area contributed by atoms with Gasteiger partial charge in [0.2, 0.25) is 0 Å². The van der Waals surface area contributed by atoms with Crippen LogP contribution in [-0.2, 0) is 0 Å². The van der Waals surface area contributed by atoms with Crippen LogP contribution in [0.2, 0.25) is 0 Å². The van der Waals surface area contributed by atoms with Crippen molar-refractivity contribution < 1.29 is 0 Å². The van der Waals surface area contributed by atoms with Gasteiger partial charge in [-0.2, -0.15) is 0 Å². The molecule has 0 aliphatic carbocycles. The summed E-state index contributed by atoms with van der Waals surface area (Å²) >= 11 is 2.35. The SMILES string of the molecule is CCN(C)/C=N\c1cc(C)c(I)cc1C. The van der Waals surface area contributed by atoms with Gasteiger partial charge in [0.25, 0.3) is 0 Å². The predicted octanol–water partition coefficient (Wildman–Crippen LogP) is 3.52. The maximum Gasteiger partial charge on any atom is 0.0909 e. The number of hydrogen-bond acceptors (Lipinski definition) is 1. The van der Waals surface area contributed by atoms with Crippen LogP contribution in [0, 0.1) is 17.4 Å². The lowest BCUT2D eigenvalue weighted by Gasteiger charge is -2.09. The lowest BCUT2D eigenvalue weighted by molar-refractivity contribution is 0.552. The van der Waals surface area contributed by atoms with Crippen molar-refractivity contribution in [3.05, 3.63) is 26.8 Å². The highest BCUT2D eigenvalue weighted by Gasteiger charge is 2.00. The Balaban J connectivity index is 2.95. The van der Waals surface area contributed by atoms with E-state index in [4.69, 9.17) is 0 Å². The van der Waals surface area contributed by atoms with Gasteiger partial charge < -0.3 is 4.90 Å². The van der Waals surface area contributed by atoms with Crippen molar-refractivity contribution >= 4 is 34.6 Å². The lowest BCUT2D eigenvalue weighted by Crippen LogP contribution is -2.14. The quantitative estimate of drug-likeness (QED) is 0.473. The fourth-order valence-corrected chi connectivity index (χ4v) is 1.77. The number of nitrogens with zero attached hydrogens (tertiary/aromatic N) is 2. The summed E-state index contributed by atoms with van der Waals surface area (Å²) in [5.74, 6) is 0. The lowest BCUT2D eigenvalue weighted by atomic mass is 10.1. The molecule has 1 aromatic carbocycles. The molecule has 0 amide bonds. The fraction of sp³-hybridized carbons (Fsp3) is 0.417. The van der Waals surface area contributed by atoms with E-state index in [2.05, 4.69) is 65.4 Å². The minimum atomic E-state index is 0.978. The Hall–Kier alpha value is -0.580. The summed E-state index contributed by atoms with van der Waals surface area (Å²) in [6.45, 7) is 7.30. The highest BCUT2D eigenvalue weighted by Crippen LogP contribution is 2.23. The summed E-state index contributed by atoms with van der Waals surface area (Å²) in [6, 6.07) is 4.31. The van der Waals surface area contributed by atoms with Gasteiger partial charge in [-0.3, -0.25) is 0 Å². The van der Waals surface area contributed by atoms with E-state index < -0.39 is 0 Å². The molecule has 0 heterocycles. The molecule has 1 rings (SSSR count). The van der Waals surface area contributed by atoms with E-state index in [0.29, 0.717) is 0 Å². The molecule has 3 heteroatoms. The van der Waals surface area contributed by atoms with E-state index in [1.807, 2.05) is 13.4 Å². The van der Waals surface area contributed by atoms with Gasteiger partial charge in [0.05, 0.1) is 12.0 Å². The van der Waals surface area contributed by atoms with E-state index in [1.165, 1.54) is 14.7 Å². The van der Waals surface area contributed by atoms with Crippen molar-refractivity contribution in [2.75, 3.05) is 13.6 Å². The molecule has 0 fully saturated rings. The Bertz CT molecular complexity index is 372. The zero-order valence-corrected chi connectivity index (χ0v) is 11.9. The molecule has 0 aliphatic heterocycles. The molecule has 1 aromatic rings. The summed E-state index contributed by atoms with van der Waals surface area (Å²) in [4.78, 5) is 6.54. The molecule has 82 valence electrons. The number of halogens is 1. The van der Waals surface area contributed by atoms with E-state index in [1.54, 1.807) is 0 Å². The fourth-order valence-electron chi connectivity index (χ4n) is 1.15. The third kappa shape index (κ3) is 3.48. The van der Waals surface area contributed by atoms with Crippen molar-refractivity contribution in [2.24, 2.45) is 4.99 Å². The predicted molar refractivity (Wildman–Crippen MR) is 75.1 cm³/mol. The van der Waals surface area contributed by atoms with Crippen molar-refractivity contribution in [3.8, 4) is 0 Å². The summed E-state index contributed by atoms with van der Waals surface area (Å²) in [5, 5.41) is 0. The highest BCUT2D eigenvalue weighted by atomic mass is 127. The Kier molecular flexibility index (Phi) is 4.57. The first-order chi connectivity index (χ1) is 7.04. The highest BCUT2D eigenvalue weighted by molar-refractivity contribution is 14.1. The number of rotatable bonds is 3. The molecule has 0 saturated heterocycles. The maximum atomic E-state index is 4.48. The van der Waals surface area contributed by atoms with Gasteiger partial charge in [-0.15, -0.1) is 0 Å². The normalized spacial score (nSPS) is 11.0. The smallest absolute Gasteiger partial charge is 0.0909 e. The average Bonchev–Trinajstić information content (AvgIpc) is 2.21. The number of aliphatic imine (C=N–C) groups is 1. The van der Waals surface area contributed by atoms with Gasteiger partial charge in [0, 0.05) is 17.2 Å². The summed E-state index contributed by atoms with van der Waals surface area (Å²) in [5.41, 5.74) is 3.58. The second-order valence-corrected chi connectivity index (χ2v) is 4.87. The first kappa shape index (κ1) is 12.5. The third-order valence-electron chi connectivity index (χ3n) is 2.37. The van der Waals surface area contributed by atoms with Gasteiger partial charge in [-0.1, -0.05) is 0 Å². The molecule has 0 atom stereocenters.